The van der Waals surface area contributed by atoms with Crippen LogP contribution < -0.4 is 5.32 Å². The lowest BCUT2D eigenvalue weighted by Crippen LogP contribution is -2.23. The van der Waals surface area contributed by atoms with Crippen molar-refractivity contribution in [2.75, 3.05) is 7.05 Å². The highest BCUT2D eigenvalue weighted by Gasteiger charge is 2.27. The zero-order valence-electron chi connectivity index (χ0n) is 12.6. The van der Waals surface area contributed by atoms with Crippen LogP contribution in [0.2, 0.25) is 0 Å². The maximum atomic E-state index is 4.67. The van der Waals surface area contributed by atoms with Crippen molar-refractivity contribution in [1.82, 2.24) is 24.3 Å². The monoisotopic (exact) mass is 321 g/mol. The molecule has 5 nitrogen and oxygen atoms in total. The van der Waals surface area contributed by atoms with Crippen molar-refractivity contribution < 1.29 is 0 Å². The standard InChI is InChI=1S/C14H19N5S2/c1-14(2,3)12-11(21-18-17-12)10(15-4)7-9-8-19-5-6-20-13(19)16-9/h5-6,8,10,15H,7H2,1-4H3. The highest BCUT2D eigenvalue weighted by molar-refractivity contribution is 7.15. The van der Waals surface area contributed by atoms with Crippen LogP contribution in [0.25, 0.3) is 4.96 Å². The van der Waals surface area contributed by atoms with E-state index in [1.807, 2.05) is 18.6 Å². The van der Waals surface area contributed by atoms with Crippen molar-refractivity contribution in [3.8, 4) is 0 Å². The lowest BCUT2D eigenvalue weighted by atomic mass is 9.89. The molecule has 0 saturated carbocycles. The Hall–Kier alpha value is -1.31. The number of fused-ring (bicyclic) bond motifs is 1. The molecular formula is C14H19N5S2. The van der Waals surface area contributed by atoms with E-state index in [2.05, 4.69) is 51.3 Å². The van der Waals surface area contributed by atoms with Gasteiger partial charge >= 0.3 is 0 Å². The third kappa shape index (κ3) is 2.86. The Morgan fingerprint density at radius 2 is 2.19 bits per heavy atom. The summed E-state index contributed by atoms with van der Waals surface area (Å²) in [5.74, 6) is 0. The number of rotatable bonds is 4. The van der Waals surface area contributed by atoms with E-state index >= 15 is 0 Å². The average molecular weight is 321 g/mol. The summed E-state index contributed by atoms with van der Waals surface area (Å²) in [7, 11) is 1.98. The minimum Gasteiger partial charge on any atom is -0.312 e. The number of hydrogen-bond acceptors (Lipinski definition) is 6. The van der Waals surface area contributed by atoms with Gasteiger partial charge in [-0.25, -0.2) is 4.98 Å². The van der Waals surface area contributed by atoms with Gasteiger partial charge < -0.3 is 5.32 Å². The Balaban J connectivity index is 1.88. The van der Waals surface area contributed by atoms with Crippen molar-refractivity contribution in [1.29, 1.82) is 0 Å². The van der Waals surface area contributed by atoms with E-state index in [1.165, 1.54) is 16.4 Å². The summed E-state index contributed by atoms with van der Waals surface area (Å²) in [6.07, 6.45) is 4.99. The molecule has 0 aromatic carbocycles. The number of likely N-dealkylation sites (N-methyl/N-ethyl adjacent to an activating group) is 1. The fourth-order valence-corrected chi connectivity index (χ4v) is 4.05. The number of nitrogens with one attached hydrogen (secondary N) is 1. The van der Waals surface area contributed by atoms with Gasteiger partial charge in [-0.3, -0.25) is 4.40 Å². The summed E-state index contributed by atoms with van der Waals surface area (Å²) in [6.45, 7) is 6.52. The van der Waals surface area contributed by atoms with E-state index in [-0.39, 0.29) is 11.5 Å². The second-order valence-electron chi connectivity index (χ2n) is 6.11. The maximum Gasteiger partial charge on any atom is 0.193 e. The summed E-state index contributed by atoms with van der Waals surface area (Å²) in [6, 6.07) is 0.198. The van der Waals surface area contributed by atoms with Crippen molar-refractivity contribution >= 4 is 27.8 Å². The molecular weight excluding hydrogens is 302 g/mol. The van der Waals surface area contributed by atoms with Crippen LogP contribution in [0.4, 0.5) is 0 Å². The van der Waals surface area contributed by atoms with Gasteiger partial charge in [0.15, 0.2) is 4.96 Å². The molecule has 0 aliphatic heterocycles. The summed E-state index contributed by atoms with van der Waals surface area (Å²) in [4.78, 5) is 6.92. The van der Waals surface area contributed by atoms with Crippen molar-refractivity contribution in [2.24, 2.45) is 0 Å². The Kier molecular flexibility index (Phi) is 3.81. The van der Waals surface area contributed by atoms with E-state index in [0.717, 1.165) is 22.8 Å². The van der Waals surface area contributed by atoms with Crippen LogP contribution in [0.1, 0.15) is 43.1 Å². The van der Waals surface area contributed by atoms with Crippen molar-refractivity contribution in [2.45, 2.75) is 38.6 Å². The molecule has 1 unspecified atom stereocenters. The van der Waals surface area contributed by atoms with Gasteiger partial charge in [-0.15, -0.1) is 16.4 Å². The van der Waals surface area contributed by atoms with Crippen LogP contribution in [0.3, 0.4) is 0 Å². The molecule has 3 rings (SSSR count). The Bertz CT molecular complexity index is 705. The van der Waals surface area contributed by atoms with E-state index in [9.17, 15) is 0 Å². The first-order chi connectivity index (χ1) is 9.99. The van der Waals surface area contributed by atoms with Gasteiger partial charge in [0.1, 0.15) is 0 Å². The van der Waals surface area contributed by atoms with E-state index in [0.29, 0.717) is 0 Å². The minimum atomic E-state index is 0.00593. The molecule has 0 spiro atoms. The number of aromatic nitrogens is 4. The lowest BCUT2D eigenvalue weighted by Gasteiger charge is -2.21. The Morgan fingerprint density at radius 1 is 1.38 bits per heavy atom. The van der Waals surface area contributed by atoms with Gasteiger partial charge in [0.25, 0.3) is 0 Å². The van der Waals surface area contributed by atoms with Crippen LogP contribution in [-0.2, 0) is 11.8 Å². The molecule has 0 fully saturated rings. The highest BCUT2D eigenvalue weighted by Crippen LogP contribution is 2.31. The van der Waals surface area contributed by atoms with Gasteiger partial charge in [0.2, 0.25) is 0 Å². The second kappa shape index (κ2) is 5.47. The van der Waals surface area contributed by atoms with Gasteiger partial charge in [0.05, 0.1) is 22.3 Å². The first kappa shape index (κ1) is 14.6. The molecule has 112 valence electrons. The molecule has 3 aromatic rings. The maximum absolute atomic E-state index is 4.67. The molecule has 1 N–H and O–H groups in total. The van der Waals surface area contributed by atoms with Crippen LogP contribution in [0.5, 0.6) is 0 Å². The average Bonchev–Trinajstić information content (AvgIpc) is 3.09. The number of imidazole rings is 1. The third-order valence-corrected chi connectivity index (χ3v) is 5.05. The van der Waals surface area contributed by atoms with E-state index in [4.69, 9.17) is 0 Å². The number of thiazole rings is 1. The van der Waals surface area contributed by atoms with Gasteiger partial charge in [-0.1, -0.05) is 25.3 Å². The highest BCUT2D eigenvalue weighted by atomic mass is 32.1. The fourth-order valence-electron chi connectivity index (χ4n) is 2.36. The van der Waals surface area contributed by atoms with Crippen LogP contribution >= 0.6 is 22.9 Å². The molecule has 3 aromatic heterocycles. The predicted octanol–water partition coefficient (Wildman–Crippen LogP) is 3.05. The van der Waals surface area contributed by atoms with Crippen LogP contribution in [0, 0.1) is 0 Å². The molecule has 0 saturated heterocycles. The summed E-state index contributed by atoms with van der Waals surface area (Å²) >= 11 is 3.14. The first-order valence-electron chi connectivity index (χ1n) is 6.90. The van der Waals surface area contributed by atoms with Crippen LogP contribution in [-0.4, -0.2) is 26.0 Å². The minimum absolute atomic E-state index is 0.00593. The molecule has 0 amide bonds. The molecule has 0 radical (unpaired) electrons. The molecule has 0 aliphatic rings. The zero-order valence-corrected chi connectivity index (χ0v) is 14.3. The van der Waals surface area contributed by atoms with Gasteiger partial charge in [-0.2, -0.15) is 0 Å². The SMILES string of the molecule is CNC(Cc1cn2ccsc2n1)c1snnc1C(C)(C)C. The fraction of sp³-hybridized carbons (Fsp3) is 0.500. The predicted molar refractivity (Wildman–Crippen MR) is 87.2 cm³/mol. The number of hydrogen-bond donors (Lipinski definition) is 1. The molecule has 0 bridgehead atoms. The molecule has 7 heteroatoms. The third-order valence-electron chi connectivity index (χ3n) is 3.45. The molecule has 21 heavy (non-hydrogen) atoms. The normalized spacial score (nSPS) is 13.9. The largest absolute Gasteiger partial charge is 0.312 e. The Labute approximate surface area is 132 Å². The molecule has 3 heterocycles. The van der Waals surface area contributed by atoms with Crippen LogP contribution in [0.15, 0.2) is 17.8 Å². The second-order valence-corrected chi connectivity index (χ2v) is 7.76. The Morgan fingerprint density at radius 3 is 2.86 bits per heavy atom. The van der Waals surface area contributed by atoms with Gasteiger partial charge in [-0.05, 0) is 18.6 Å². The number of nitrogens with zero attached hydrogens (tertiary/aromatic N) is 4. The lowest BCUT2D eigenvalue weighted by molar-refractivity contribution is 0.529. The van der Waals surface area contributed by atoms with E-state index in [1.54, 1.807) is 11.3 Å². The summed E-state index contributed by atoms with van der Waals surface area (Å²) in [5.41, 5.74) is 2.17. The van der Waals surface area contributed by atoms with Crippen molar-refractivity contribution in [3.63, 3.8) is 0 Å². The summed E-state index contributed by atoms with van der Waals surface area (Å²) < 4.78 is 6.23. The topological polar surface area (TPSA) is 55.1 Å². The zero-order chi connectivity index (χ0) is 15.0. The smallest absolute Gasteiger partial charge is 0.193 e. The summed E-state index contributed by atoms with van der Waals surface area (Å²) in [5, 5.41) is 9.77. The first-order valence-corrected chi connectivity index (χ1v) is 8.55. The molecule has 0 aliphatic carbocycles. The molecule has 1 atom stereocenters. The van der Waals surface area contributed by atoms with E-state index < -0.39 is 0 Å². The van der Waals surface area contributed by atoms with Gasteiger partial charge in [0, 0.05) is 29.6 Å². The van der Waals surface area contributed by atoms with Crippen molar-refractivity contribution in [3.05, 3.63) is 34.0 Å². The quantitative estimate of drug-likeness (QED) is 0.802.